The summed E-state index contributed by atoms with van der Waals surface area (Å²) >= 11 is 0. The van der Waals surface area contributed by atoms with Crippen LogP contribution in [-0.2, 0) is 11.3 Å². The molecule has 6 heteroatoms. The van der Waals surface area contributed by atoms with Gasteiger partial charge >= 0.3 is 6.03 Å². The topological polar surface area (TPSA) is 62.6 Å². The fourth-order valence-electron chi connectivity index (χ4n) is 3.63. The molecule has 0 unspecified atom stereocenters. The van der Waals surface area contributed by atoms with Crippen molar-refractivity contribution in [2.45, 2.75) is 40.3 Å². The molecular formula is C22H25N3O3. The lowest BCUT2D eigenvalue weighted by atomic mass is 10.1. The van der Waals surface area contributed by atoms with Gasteiger partial charge in [0.2, 0.25) is 0 Å². The van der Waals surface area contributed by atoms with Crippen LogP contribution in [0.2, 0.25) is 0 Å². The molecule has 0 saturated carbocycles. The number of Topliss-reactive ketones (excluding diaryl/α,β-unsaturated/α-hetero) is 1. The lowest BCUT2D eigenvalue weighted by Gasteiger charge is -2.19. The Morgan fingerprint density at radius 3 is 2.39 bits per heavy atom. The van der Waals surface area contributed by atoms with E-state index in [1.807, 2.05) is 49.6 Å². The van der Waals surface area contributed by atoms with Crippen molar-refractivity contribution >= 4 is 23.4 Å². The number of rotatable bonds is 6. The minimum absolute atomic E-state index is 0.247. The maximum Gasteiger partial charge on any atom is 0.332 e. The highest BCUT2D eigenvalue weighted by Crippen LogP contribution is 2.26. The number of hydrogen-bond donors (Lipinski definition) is 0. The number of carbonyl (C=O) groups excluding carboxylic acids is 3. The molecule has 1 aliphatic rings. The van der Waals surface area contributed by atoms with Crippen molar-refractivity contribution in [3.05, 3.63) is 65.5 Å². The summed E-state index contributed by atoms with van der Waals surface area (Å²) in [7, 11) is 0. The Labute approximate surface area is 165 Å². The number of imide groups is 1. The van der Waals surface area contributed by atoms with E-state index in [0.717, 1.165) is 21.9 Å². The average Bonchev–Trinajstić information content (AvgIpc) is 3.05. The maximum atomic E-state index is 12.9. The predicted molar refractivity (Wildman–Crippen MR) is 109 cm³/mol. The van der Waals surface area contributed by atoms with Crippen LogP contribution >= 0.6 is 0 Å². The Morgan fingerprint density at radius 1 is 1.14 bits per heavy atom. The number of urea groups is 1. The highest BCUT2D eigenvalue weighted by atomic mass is 16.2. The first kappa shape index (κ1) is 19.6. The van der Waals surface area contributed by atoms with Gasteiger partial charge in [0.1, 0.15) is 6.04 Å². The number of aromatic nitrogens is 1. The van der Waals surface area contributed by atoms with Crippen LogP contribution in [0.25, 0.3) is 0 Å². The van der Waals surface area contributed by atoms with Crippen molar-refractivity contribution in [2.24, 2.45) is 0 Å². The molecule has 0 N–H and O–H groups in total. The fraction of sp³-hybridized carbons (Fsp3) is 0.318. The highest BCUT2D eigenvalue weighted by molar-refractivity contribution is 6.16. The smallest absolute Gasteiger partial charge is 0.332 e. The molecule has 3 amide bonds. The molecule has 0 bridgehead atoms. The van der Waals surface area contributed by atoms with Crippen LogP contribution in [0.1, 0.15) is 34.2 Å². The van der Waals surface area contributed by atoms with Crippen molar-refractivity contribution in [1.82, 2.24) is 9.47 Å². The van der Waals surface area contributed by atoms with Gasteiger partial charge in [-0.05, 0) is 45.9 Å². The van der Waals surface area contributed by atoms with Crippen molar-refractivity contribution in [3.63, 3.8) is 0 Å². The predicted octanol–water partition coefficient (Wildman–Crippen LogP) is 3.64. The standard InChI is InChI=1S/C22H25N3O3/c1-6-11-23-15(3)12-19(16(23)4)20(26)13-24-21(27)17(5)25(22(24)28)18-9-7-14(2)8-10-18/h6-10,12,17H,1,11,13H2,2-5H3/t17-/m1/s1. The average molecular weight is 379 g/mol. The largest absolute Gasteiger partial charge is 0.345 e. The molecule has 1 aliphatic heterocycles. The third-order valence-corrected chi connectivity index (χ3v) is 5.25. The molecule has 1 atom stereocenters. The van der Waals surface area contributed by atoms with Gasteiger partial charge in [-0.25, -0.2) is 4.79 Å². The SMILES string of the molecule is C=CCn1c(C)cc(C(=O)CN2C(=O)[C@@H](C)N(c3ccc(C)cc3)C2=O)c1C. The highest BCUT2D eigenvalue weighted by Gasteiger charge is 2.44. The summed E-state index contributed by atoms with van der Waals surface area (Å²) in [5.41, 5.74) is 3.99. The molecule has 1 fully saturated rings. The Balaban J connectivity index is 1.84. The minimum atomic E-state index is -0.642. The second-order valence-electron chi connectivity index (χ2n) is 7.20. The number of ketones is 1. The Morgan fingerprint density at radius 2 is 1.79 bits per heavy atom. The Hall–Kier alpha value is -3.15. The summed E-state index contributed by atoms with van der Waals surface area (Å²) in [6.45, 7) is 11.5. The van der Waals surface area contributed by atoms with E-state index in [4.69, 9.17) is 0 Å². The van der Waals surface area contributed by atoms with E-state index in [9.17, 15) is 14.4 Å². The molecule has 28 heavy (non-hydrogen) atoms. The minimum Gasteiger partial charge on any atom is -0.345 e. The number of nitrogens with zero attached hydrogens (tertiary/aromatic N) is 3. The van der Waals surface area contributed by atoms with Crippen LogP contribution < -0.4 is 4.90 Å². The molecule has 1 saturated heterocycles. The number of amides is 3. The molecule has 1 aromatic heterocycles. The number of hydrogen-bond acceptors (Lipinski definition) is 3. The number of aryl methyl sites for hydroxylation is 2. The molecule has 0 aliphatic carbocycles. The molecule has 0 spiro atoms. The second kappa shape index (κ2) is 7.46. The van der Waals surface area contributed by atoms with E-state index in [2.05, 4.69) is 6.58 Å². The monoisotopic (exact) mass is 379 g/mol. The maximum absolute atomic E-state index is 12.9. The molecule has 6 nitrogen and oxygen atoms in total. The van der Waals surface area contributed by atoms with Crippen LogP contribution in [0.4, 0.5) is 10.5 Å². The van der Waals surface area contributed by atoms with E-state index in [1.54, 1.807) is 19.1 Å². The van der Waals surface area contributed by atoms with Gasteiger partial charge in [0.15, 0.2) is 5.78 Å². The van der Waals surface area contributed by atoms with Crippen molar-refractivity contribution in [1.29, 1.82) is 0 Å². The van der Waals surface area contributed by atoms with Gasteiger partial charge in [0.05, 0.1) is 6.54 Å². The van der Waals surface area contributed by atoms with Crippen molar-refractivity contribution in [3.8, 4) is 0 Å². The zero-order valence-corrected chi connectivity index (χ0v) is 16.7. The normalized spacial score (nSPS) is 16.8. The molecule has 3 rings (SSSR count). The summed E-state index contributed by atoms with van der Waals surface area (Å²) in [5, 5.41) is 0. The third kappa shape index (κ3) is 3.26. The lowest BCUT2D eigenvalue weighted by molar-refractivity contribution is -0.126. The first-order valence-corrected chi connectivity index (χ1v) is 9.28. The lowest BCUT2D eigenvalue weighted by Crippen LogP contribution is -2.37. The van der Waals surface area contributed by atoms with Gasteiger partial charge in [-0.1, -0.05) is 23.8 Å². The number of allylic oxidation sites excluding steroid dienone is 1. The summed E-state index contributed by atoms with van der Waals surface area (Å²) in [6.07, 6.45) is 1.77. The zero-order chi connectivity index (χ0) is 20.6. The first-order valence-electron chi connectivity index (χ1n) is 9.28. The van der Waals surface area contributed by atoms with Gasteiger partial charge < -0.3 is 4.57 Å². The first-order chi connectivity index (χ1) is 13.3. The van der Waals surface area contributed by atoms with Gasteiger partial charge in [-0.15, -0.1) is 6.58 Å². The fourth-order valence-corrected chi connectivity index (χ4v) is 3.63. The zero-order valence-electron chi connectivity index (χ0n) is 16.7. The summed E-state index contributed by atoms with van der Waals surface area (Å²) in [6, 6.07) is 8.10. The number of benzene rings is 1. The Kier molecular flexibility index (Phi) is 5.23. The molecule has 2 heterocycles. The molecule has 0 radical (unpaired) electrons. The number of anilines is 1. The van der Waals surface area contributed by atoms with Crippen LogP contribution in [0.15, 0.2) is 43.0 Å². The van der Waals surface area contributed by atoms with Crippen molar-refractivity contribution < 1.29 is 14.4 Å². The van der Waals surface area contributed by atoms with Crippen molar-refractivity contribution in [2.75, 3.05) is 11.4 Å². The Bertz CT molecular complexity index is 956. The quantitative estimate of drug-likeness (QED) is 0.437. The summed E-state index contributed by atoms with van der Waals surface area (Å²) < 4.78 is 1.98. The van der Waals surface area contributed by atoms with Crippen LogP contribution in [0.5, 0.6) is 0 Å². The van der Waals surface area contributed by atoms with Gasteiger partial charge in [0.25, 0.3) is 5.91 Å². The van der Waals surface area contributed by atoms with Gasteiger partial charge in [-0.2, -0.15) is 0 Å². The molecular weight excluding hydrogens is 354 g/mol. The van der Waals surface area contributed by atoms with Gasteiger partial charge in [-0.3, -0.25) is 19.4 Å². The second-order valence-corrected chi connectivity index (χ2v) is 7.20. The van der Waals surface area contributed by atoms with E-state index in [-0.39, 0.29) is 18.2 Å². The summed E-state index contributed by atoms with van der Waals surface area (Å²) in [4.78, 5) is 40.9. The van der Waals surface area contributed by atoms with E-state index < -0.39 is 12.1 Å². The molecule has 146 valence electrons. The third-order valence-electron chi connectivity index (χ3n) is 5.25. The summed E-state index contributed by atoms with van der Waals surface area (Å²) in [5.74, 6) is -0.609. The van der Waals surface area contributed by atoms with Gasteiger partial charge in [0, 0.05) is 29.2 Å². The van der Waals surface area contributed by atoms with E-state index in [1.165, 1.54) is 4.90 Å². The van der Waals surface area contributed by atoms with E-state index in [0.29, 0.717) is 17.8 Å². The molecule has 1 aromatic carbocycles. The number of carbonyl (C=O) groups is 3. The van der Waals surface area contributed by atoms with E-state index >= 15 is 0 Å². The van der Waals surface area contributed by atoms with Crippen LogP contribution in [0.3, 0.4) is 0 Å². The van der Waals surface area contributed by atoms with Crippen LogP contribution in [-0.4, -0.2) is 39.8 Å². The van der Waals surface area contributed by atoms with Crippen LogP contribution in [0, 0.1) is 20.8 Å². The molecule has 2 aromatic rings.